The molecule has 2 bridgehead atoms. The number of anilines is 3. The Morgan fingerprint density at radius 1 is 0.639 bits per heavy atom. The predicted molar refractivity (Wildman–Crippen MR) is 305 cm³/mol. The van der Waals surface area contributed by atoms with Crippen LogP contribution in [0.5, 0.6) is 23.0 Å². The number of hydrogen-bond acceptors (Lipinski definition) is 8. The molecule has 2 saturated heterocycles. The van der Waals surface area contributed by atoms with Crippen molar-refractivity contribution in [1.29, 1.82) is 0 Å². The van der Waals surface area contributed by atoms with E-state index in [1.54, 1.807) is 34.5 Å². The minimum absolute atomic E-state index is 0. The van der Waals surface area contributed by atoms with E-state index >= 15 is 0 Å². The van der Waals surface area contributed by atoms with Crippen LogP contribution in [0.3, 0.4) is 0 Å². The van der Waals surface area contributed by atoms with Gasteiger partial charge in [-0.3, -0.25) is 4.99 Å². The summed E-state index contributed by atoms with van der Waals surface area (Å²) in [4.78, 5) is 6.95. The van der Waals surface area contributed by atoms with Crippen LogP contribution in [0.25, 0.3) is 0 Å². The molecule has 2 fully saturated rings. The van der Waals surface area contributed by atoms with E-state index in [0.717, 1.165) is 94.8 Å². The van der Waals surface area contributed by atoms with Gasteiger partial charge in [-0.25, -0.2) is 0 Å². The van der Waals surface area contributed by atoms with Gasteiger partial charge in [0, 0.05) is 29.7 Å². The third kappa shape index (κ3) is 26.0. The fraction of sp³-hybridized carbons (Fsp3) is 0.400. The summed E-state index contributed by atoms with van der Waals surface area (Å²) in [6.07, 6.45) is 31.4. The van der Waals surface area contributed by atoms with Crippen LogP contribution in [-0.4, -0.2) is 81.9 Å². The third-order valence-corrected chi connectivity index (χ3v) is 21.2. The van der Waals surface area contributed by atoms with E-state index in [4.69, 9.17) is 27.2 Å². The van der Waals surface area contributed by atoms with Gasteiger partial charge in [0.1, 0.15) is 17.2 Å². The van der Waals surface area contributed by atoms with Crippen molar-refractivity contribution in [3.8, 4) is 23.0 Å². The number of unbranched alkanes of at least 4 members (excludes halogenated alkanes) is 1. The second-order valence-corrected chi connectivity index (χ2v) is 25.3. The van der Waals surface area contributed by atoms with Gasteiger partial charge in [0.25, 0.3) is 0 Å². The monoisotopic (exact) mass is 1260 g/mol. The Labute approximate surface area is 478 Å². The largest absolute Gasteiger partial charge is 2.00 e. The molecule has 7 rings (SSSR count). The maximum atomic E-state index is 6.35. The van der Waals surface area contributed by atoms with Gasteiger partial charge < -0.3 is 48.7 Å². The van der Waals surface area contributed by atoms with Crippen LogP contribution in [0, 0.1) is 6.92 Å². The molecule has 8 nitrogen and oxygen atoms in total. The number of piperidine rings is 1. The van der Waals surface area contributed by atoms with E-state index in [1.165, 1.54) is 62.7 Å². The maximum Gasteiger partial charge on any atom is 2.00 e. The fourth-order valence-electron chi connectivity index (χ4n) is 8.52. The Kier molecular flexibility index (Phi) is 38.4. The summed E-state index contributed by atoms with van der Waals surface area (Å²) in [6.45, 7) is 18.1. The summed E-state index contributed by atoms with van der Waals surface area (Å²) < 4.78 is 21.5. The van der Waals surface area contributed by atoms with Gasteiger partial charge >= 0.3 is 148 Å². The second kappa shape index (κ2) is 41.6. The first-order chi connectivity index (χ1) is 34.3. The van der Waals surface area contributed by atoms with Crippen molar-refractivity contribution < 1.29 is 59.3 Å². The molecule has 0 radical (unpaired) electrons. The van der Waals surface area contributed by atoms with Crippen LogP contribution in [0.1, 0.15) is 96.3 Å². The summed E-state index contributed by atoms with van der Waals surface area (Å²) in [5, 5.41) is 7.13. The molecule has 0 saturated carbocycles. The number of fused-ring (bicyclic) bond motifs is 2. The topological polar surface area (TPSA) is 76.6 Å². The number of rotatable bonds is 21. The Hall–Kier alpha value is -3.68. The van der Waals surface area contributed by atoms with Gasteiger partial charge in [-0.05, 0) is 137 Å². The molecule has 0 spiro atoms. The summed E-state index contributed by atoms with van der Waals surface area (Å²) in [6, 6.07) is 35.0. The number of halogens is 2. The zero-order chi connectivity index (χ0) is 50.6. The molecule has 384 valence electrons. The van der Waals surface area contributed by atoms with Crippen molar-refractivity contribution in [3.63, 3.8) is 0 Å². The summed E-state index contributed by atoms with van der Waals surface area (Å²) in [5.74, 6) is 3.59. The molecular weight excluding hydrogens is 1180 g/mol. The van der Waals surface area contributed by atoms with Gasteiger partial charge in [-0.2, -0.15) is 6.42 Å². The second-order valence-electron chi connectivity index (χ2n) is 17.3. The van der Waals surface area contributed by atoms with Crippen molar-refractivity contribution in [2.24, 2.45) is 4.99 Å². The smallest absolute Gasteiger partial charge is 1.00 e. The number of nitrogens with zero attached hydrogens (tertiary/aromatic N) is 2. The Balaban J connectivity index is 0.000000465. The first kappa shape index (κ1) is 66.3. The van der Waals surface area contributed by atoms with Crippen LogP contribution >= 0.6 is 8.25 Å². The number of methoxy groups -OCH3 is 4. The molecule has 2 heterocycles. The van der Waals surface area contributed by atoms with Crippen molar-refractivity contribution >= 4 is 60.3 Å². The number of aliphatic imine (C=N–C) groups is 1. The van der Waals surface area contributed by atoms with Gasteiger partial charge in [-0.15, -0.1) is 32.4 Å². The first-order valence-electron chi connectivity index (χ1n) is 25.1. The molecule has 1 aliphatic carbocycles. The number of ether oxygens (including phenoxy) is 4. The van der Waals surface area contributed by atoms with Crippen LogP contribution in [0.2, 0.25) is 3.43 Å². The predicted octanol–water partition coefficient (Wildman–Crippen LogP) is 13.2. The third-order valence-electron chi connectivity index (χ3n) is 12.4. The Morgan fingerprint density at radius 3 is 1.56 bits per heavy atom. The molecule has 2 aliphatic heterocycles. The molecule has 4 aromatic rings. The van der Waals surface area contributed by atoms with E-state index in [-0.39, 0.29) is 40.0 Å². The molecule has 2 N–H and O–H groups in total. The van der Waals surface area contributed by atoms with E-state index in [9.17, 15) is 0 Å². The summed E-state index contributed by atoms with van der Waals surface area (Å²) in [7, 11) is 13.1. The van der Waals surface area contributed by atoms with Gasteiger partial charge in [0.15, 0.2) is 0 Å². The van der Waals surface area contributed by atoms with E-state index in [0.29, 0.717) is 12.1 Å². The molecular formula is C60H82BrClHgMgN4O4. The fourth-order valence-corrected chi connectivity index (χ4v) is 15.8. The molecule has 0 aromatic heterocycles. The average Bonchev–Trinajstić information content (AvgIpc) is 3.52. The maximum absolute atomic E-state index is 6.35. The number of nitrogens with one attached hydrogen (secondary N) is 2. The number of hydrogen-bond donors (Lipinski definition) is 2. The molecule has 0 amide bonds. The van der Waals surface area contributed by atoms with Crippen LogP contribution < -0.4 is 51.5 Å². The van der Waals surface area contributed by atoms with Crippen molar-refractivity contribution in [2.45, 2.75) is 124 Å². The van der Waals surface area contributed by atoms with Gasteiger partial charge in [0.2, 0.25) is 0 Å². The van der Waals surface area contributed by atoms with E-state index in [2.05, 4.69) is 102 Å². The standard InChI is InChI=1S/C16H23NO.C14H18NO.C14H19NO.C12H15NO.C4H7.BrH.ClH.Hg.Mg/c1-4-6-8-14(9-7-5-2)17-15-10-12-16(18-3)13-11-15;1-16-14-9-7-13(8-10-14)15-11-3-2-4-12(15)6-5-11;1-16-14-10-8-13(9-11-14)15-12-6-4-2-3-5-7-12;1-3-4-5-10-13-11-6-8-12(14-2)9-7-11;1-3-4-2;;;;/h4-5,10-14,17H,1-2,6-9H2,3H3;3,7-12H,2,4-6H2,1H3;2-3,8-12,15H,4-7H2,1H3;3,6-10H,1,4-5H2,2H3;3H,1-2,4H2;2*1H;;/q;;;;-1;;;+1;+2/p-2. The minimum atomic E-state index is -1.13. The van der Waals surface area contributed by atoms with Crippen LogP contribution in [0.4, 0.5) is 22.7 Å². The molecule has 72 heavy (non-hydrogen) atoms. The summed E-state index contributed by atoms with van der Waals surface area (Å²) >= 11 is -1.13. The van der Waals surface area contributed by atoms with Crippen LogP contribution in [-0.2, 0) is 23.3 Å². The summed E-state index contributed by atoms with van der Waals surface area (Å²) in [5.41, 5.74) is 4.64. The number of benzene rings is 4. The molecule has 3 atom stereocenters. The van der Waals surface area contributed by atoms with Gasteiger partial charge in [-0.1, -0.05) is 30.4 Å². The van der Waals surface area contributed by atoms with Crippen molar-refractivity contribution in [2.75, 3.05) is 44.0 Å². The zero-order valence-corrected chi connectivity index (χ0v) is 53.3. The zero-order valence-electron chi connectivity index (χ0n) is 44.0. The van der Waals surface area contributed by atoms with E-state index < -0.39 is 23.3 Å². The van der Waals surface area contributed by atoms with E-state index in [1.807, 2.05) is 85.1 Å². The quantitative estimate of drug-likeness (QED) is 0.0283. The molecule has 3 aliphatic rings. The molecule has 12 heteroatoms. The molecule has 3 unspecified atom stereocenters. The first-order valence-corrected chi connectivity index (χ1v) is 35.1. The Morgan fingerprint density at radius 2 is 1.10 bits per heavy atom. The minimum Gasteiger partial charge on any atom is -1.00 e. The van der Waals surface area contributed by atoms with Crippen molar-refractivity contribution in [3.05, 3.63) is 167 Å². The average molecular weight is 1260 g/mol. The van der Waals surface area contributed by atoms with Gasteiger partial charge in [0.05, 0.1) is 27.0 Å². The normalized spacial score (nSPS) is 16.2. The van der Waals surface area contributed by atoms with Crippen molar-refractivity contribution in [1.82, 2.24) is 0 Å². The number of allylic oxidation sites excluding steroid dienone is 6. The van der Waals surface area contributed by atoms with Crippen LogP contribution in [0.15, 0.2) is 165 Å². The molecule has 4 aromatic carbocycles. The SMILES string of the molecule is C=CCCC(CCC=C)Nc1ccc(OC)cc1.C=CCCC=Nc1ccc(OC)cc1.C=CC[CH2-].COc1ccc(N2C3CC[CH]([Hg][Cl])C2CC3)cc1.COc1ccc(NC2CCC=CCC2)cc1.[Br-].[Mg+2]. The Bertz CT molecular complexity index is 2050.